The number of alkyl halides is 2. The molecule has 2 fully saturated rings. The van der Waals surface area contributed by atoms with Crippen LogP contribution in [0.5, 0.6) is 5.75 Å². The predicted molar refractivity (Wildman–Crippen MR) is 122 cm³/mol. The Morgan fingerprint density at radius 1 is 1.34 bits per heavy atom. The molecule has 0 amide bonds. The van der Waals surface area contributed by atoms with E-state index in [2.05, 4.69) is 34.1 Å². The molecule has 0 saturated carbocycles. The largest absolute Gasteiger partial charge is 0.435 e. The third-order valence-electron chi connectivity index (χ3n) is 5.05. The lowest BCUT2D eigenvalue weighted by molar-refractivity contribution is -0.0945. The highest BCUT2D eigenvalue weighted by Gasteiger charge is 2.33. The van der Waals surface area contributed by atoms with E-state index >= 15 is 0 Å². The van der Waals surface area contributed by atoms with Crippen LogP contribution in [0.25, 0.3) is 0 Å². The van der Waals surface area contributed by atoms with Crippen LogP contribution in [-0.4, -0.2) is 58.0 Å². The molecule has 3 rings (SSSR count). The van der Waals surface area contributed by atoms with Crippen LogP contribution in [0.3, 0.4) is 0 Å². The second-order valence-corrected chi connectivity index (χ2v) is 7.80. The van der Waals surface area contributed by atoms with Gasteiger partial charge in [0, 0.05) is 36.8 Å². The molecule has 0 spiro atoms. The Labute approximate surface area is 188 Å². The topological polar surface area (TPSA) is 58.1 Å². The van der Waals surface area contributed by atoms with Crippen molar-refractivity contribution in [2.75, 3.05) is 44.3 Å². The molecule has 164 valence electrons. The van der Waals surface area contributed by atoms with Gasteiger partial charge in [-0.2, -0.15) is 8.78 Å². The molecule has 2 aliphatic heterocycles. The smallest absolute Gasteiger partial charge is 0.387 e. The van der Waals surface area contributed by atoms with Gasteiger partial charge in [0.15, 0.2) is 5.96 Å². The zero-order valence-corrected chi connectivity index (χ0v) is 19.3. The molecule has 0 radical (unpaired) electrons. The Bertz CT molecular complexity index is 656. The van der Waals surface area contributed by atoms with Crippen molar-refractivity contribution in [1.82, 2.24) is 10.6 Å². The minimum Gasteiger partial charge on any atom is -0.435 e. The van der Waals surface area contributed by atoms with E-state index in [1.807, 2.05) is 12.1 Å². The number of piperidine rings is 1. The van der Waals surface area contributed by atoms with Crippen molar-refractivity contribution >= 4 is 35.6 Å². The van der Waals surface area contributed by atoms with Crippen molar-refractivity contribution in [1.29, 1.82) is 0 Å². The molecular weight excluding hydrogens is 493 g/mol. The number of anilines is 1. The van der Waals surface area contributed by atoms with E-state index in [0.29, 0.717) is 0 Å². The molecule has 6 nitrogen and oxygen atoms in total. The lowest BCUT2D eigenvalue weighted by Crippen LogP contribution is -2.52. The Kier molecular flexibility index (Phi) is 9.19. The van der Waals surface area contributed by atoms with Crippen LogP contribution < -0.4 is 20.3 Å². The third-order valence-corrected chi connectivity index (χ3v) is 5.05. The number of nitrogens with zero attached hydrogens (tertiary/aromatic N) is 2. The highest BCUT2D eigenvalue weighted by atomic mass is 127. The first-order valence-corrected chi connectivity index (χ1v) is 9.90. The monoisotopic (exact) mass is 524 g/mol. The number of hydrogen-bond donors (Lipinski definition) is 2. The molecular formula is C20H31F2IN4O2. The third kappa shape index (κ3) is 7.13. The molecule has 1 aromatic carbocycles. The van der Waals surface area contributed by atoms with Crippen LogP contribution in [-0.2, 0) is 4.74 Å². The number of rotatable bonds is 7. The SMILES string of the molecule is CCNC(=NCC1(C)COC1)NC1CCCN(c2ccc(OC(F)F)cc2)C1.I. The zero-order chi connectivity index (χ0) is 20.0. The summed E-state index contributed by atoms with van der Waals surface area (Å²) in [6.07, 6.45) is 2.12. The van der Waals surface area contributed by atoms with Crippen molar-refractivity contribution in [2.24, 2.45) is 10.4 Å². The van der Waals surface area contributed by atoms with Crippen molar-refractivity contribution in [2.45, 2.75) is 39.3 Å². The summed E-state index contributed by atoms with van der Waals surface area (Å²) < 4.78 is 34.4. The molecule has 9 heteroatoms. The summed E-state index contributed by atoms with van der Waals surface area (Å²) in [7, 11) is 0. The molecule has 0 aromatic heterocycles. The highest BCUT2D eigenvalue weighted by molar-refractivity contribution is 14.0. The number of benzene rings is 1. The van der Waals surface area contributed by atoms with Crippen LogP contribution in [0.4, 0.5) is 14.5 Å². The molecule has 1 atom stereocenters. The number of ether oxygens (including phenoxy) is 2. The maximum absolute atomic E-state index is 12.3. The lowest BCUT2D eigenvalue weighted by Gasteiger charge is -2.37. The minimum atomic E-state index is -2.80. The Morgan fingerprint density at radius 3 is 2.66 bits per heavy atom. The average Bonchev–Trinajstić information content (AvgIpc) is 2.65. The quantitative estimate of drug-likeness (QED) is 0.325. The highest BCUT2D eigenvalue weighted by Crippen LogP contribution is 2.27. The van der Waals surface area contributed by atoms with E-state index in [0.717, 1.165) is 63.9 Å². The molecule has 2 heterocycles. The van der Waals surface area contributed by atoms with Crippen LogP contribution in [0.2, 0.25) is 0 Å². The first-order chi connectivity index (χ1) is 13.5. The van der Waals surface area contributed by atoms with Crippen molar-refractivity contribution in [3.8, 4) is 5.75 Å². The number of hydrogen-bond acceptors (Lipinski definition) is 4. The van der Waals surface area contributed by atoms with E-state index in [-0.39, 0.29) is 41.2 Å². The van der Waals surface area contributed by atoms with Crippen molar-refractivity contribution in [3.63, 3.8) is 0 Å². The lowest BCUT2D eigenvalue weighted by atomic mass is 9.89. The van der Waals surface area contributed by atoms with Gasteiger partial charge in [-0.05, 0) is 44.0 Å². The van der Waals surface area contributed by atoms with Gasteiger partial charge in [0.1, 0.15) is 5.75 Å². The fourth-order valence-corrected chi connectivity index (χ4v) is 3.49. The first-order valence-electron chi connectivity index (χ1n) is 9.90. The van der Waals surface area contributed by atoms with Gasteiger partial charge in [-0.3, -0.25) is 4.99 Å². The van der Waals surface area contributed by atoms with Crippen molar-refractivity contribution < 1.29 is 18.3 Å². The summed E-state index contributed by atoms with van der Waals surface area (Å²) in [5, 5.41) is 6.87. The summed E-state index contributed by atoms with van der Waals surface area (Å²) in [6.45, 7) is 6.29. The second-order valence-electron chi connectivity index (χ2n) is 7.80. The van der Waals surface area contributed by atoms with E-state index in [9.17, 15) is 8.78 Å². The van der Waals surface area contributed by atoms with Gasteiger partial charge in [0.2, 0.25) is 0 Å². The molecule has 1 aromatic rings. The van der Waals surface area contributed by atoms with Gasteiger partial charge in [-0.1, -0.05) is 6.92 Å². The molecule has 29 heavy (non-hydrogen) atoms. The van der Waals surface area contributed by atoms with E-state index in [1.165, 1.54) is 0 Å². The number of guanidine groups is 1. The van der Waals surface area contributed by atoms with Crippen molar-refractivity contribution in [3.05, 3.63) is 24.3 Å². The molecule has 2 saturated heterocycles. The Morgan fingerprint density at radius 2 is 2.07 bits per heavy atom. The fraction of sp³-hybridized carbons (Fsp3) is 0.650. The minimum absolute atomic E-state index is 0. The van der Waals surface area contributed by atoms with Crippen LogP contribution in [0.1, 0.15) is 26.7 Å². The maximum Gasteiger partial charge on any atom is 0.387 e. The number of aliphatic imine (C=N–C) groups is 1. The van der Waals surface area contributed by atoms with Crippen LogP contribution in [0.15, 0.2) is 29.3 Å². The molecule has 2 aliphatic rings. The first kappa shape index (κ1) is 23.9. The summed E-state index contributed by atoms with van der Waals surface area (Å²) in [5.74, 6) is 1.02. The summed E-state index contributed by atoms with van der Waals surface area (Å²) >= 11 is 0. The molecule has 0 aliphatic carbocycles. The molecule has 1 unspecified atom stereocenters. The van der Waals surface area contributed by atoms with E-state index in [4.69, 9.17) is 9.73 Å². The van der Waals surface area contributed by atoms with E-state index in [1.54, 1.807) is 12.1 Å². The summed E-state index contributed by atoms with van der Waals surface area (Å²) in [4.78, 5) is 7.01. The molecule has 0 bridgehead atoms. The van der Waals surface area contributed by atoms with Gasteiger partial charge in [0.05, 0.1) is 19.8 Å². The van der Waals surface area contributed by atoms with Gasteiger partial charge < -0.3 is 25.0 Å². The standard InChI is InChI=1S/C20H30F2N4O2.HI/c1-3-23-19(24-12-20(2)13-27-14-20)25-15-5-4-10-26(11-15)16-6-8-17(9-7-16)28-18(21)22;/h6-9,15,18H,3-5,10-14H2,1-2H3,(H2,23,24,25);1H. The zero-order valence-electron chi connectivity index (χ0n) is 17.0. The van der Waals surface area contributed by atoms with Gasteiger partial charge in [0.25, 0.3) is 0 Å². The molecule has 2 N–H and O–H groups in total. The fourth-order valence-electron chi connectivity index (χ4n) is 3.49. The summed E-state index contributed by atoms with van der Waals surface area (Å²) in [6, 6.07) is 7.11. The predicted octanol–water partition coefficient (Wildman–Crippen LogP) is 3.47. The summed E-state index contributed by atoms with van der Waals surface area (Å²) in [5.41, 5.74) is 1.15. The van der Waals surface area contributed by atoms with Gasteiger partial charge in [-0.15, -0.1) is 24.0 Å². The Balaban J connectivity index is 0.00000300. The number of halogens is 3. The van der Waals surface area contributed by atoms with Gasteiger partial charge >= 0.3 is 6.61 Å². The van der Waals surface area contributed by atoms with E-state index < -0.39 is 6.61 Å². The second kappa shape index (κ2) is 11.1. The average molecular weight is 524 g/mol. The number of nitrogens with one attached hydrogen (secondary N) is 2. The van der Waals surface area contributed by atoms with Crippen LogP contribution >= 0.6 is 24.0 Å². The Hall–Kier alpha value is -1.36. The normalized spacial score (nSPS) is 21.2. The van der Waals surface area contributed by atoms with Crippen LogP contribution in [0, 0.1) is 5.41 Å². The van der Waals surface area contributed by atoms with Gasteiger partial charge in [-0.25, -0.2) is 0 Å². The maximum atomic E-state index is 12.3.